The first-order chi connectivity index (χ1) is 17.7. The number of carbonyl (C=O) groups is 2. The molecule has 1 heterocycles. The maximum absolute atomic E-state index is 12.5. The molecule has 2 aromatic rings. The molecule has 0 aliphatic rings. The summed E-state index contributed by atoms with van der Waals surface area (Å²) in [6.45, 7) is 13.2. The van der Waals surface area contributed by atoms with Crippen molar-refractivity contribution < 1.29 is 19.4 Å². The van der Waals surface area contributed by atoms with Crippen LogP contribution in [0.5, 0.6) is 0 Å². The second kappa shape index (κ2) is 20.2. The maximum atomic E-state index is 12.5. The number of nitrogens with one attached hydrogen (secondary N) is 2. The topological polar surface area (TPSA) is 157 Å². The summed E-state index contributed by atoms with van der Waals surface area (Å²) < 4.78 is 7.42. The van der Waals surface area contributed by atoms with Gasteiger partial charge in [0.2, 0.25) is 11.8 Å². The quantitative estimate of drug-likeness (QED) is 0.295. The highest BCUT2D eigenvalue weighted by atomic mass is 16.5. The van der Waals surface area contributed by atoms with Crippen LogP contribution >= 0.6 is 0 Å². The van der Waals surface area contributed by atoms with Gasteiger partial charge in [0.15, 0.2) is 5.82 Å². The second-order valence-electron chi connectivity index (χ2n) is 8.69. The van der Waals surface area contributed by atoms with Gasteiger partial charge in [-0.1, -0.05) is 58.0 Å². The summed E-state index contributed by atoms with van der Waals surface area (Å²) >= 11 is 0. The summed E-state index contributed by atoms with van der Waals surface area (Å²) in [5.74, 6) is 0.117. The van der Waals surface area contributed by atoms with Crippen LogP contribution < -0.4 is 16.4 Å². The summed E-state index contributed by atoms with van der Waals surface area (Å²) in [6, 6.07) is 9.15. The van der Waals surface area contributed by atoms with E-state index in [0.29, 0.717) is 45.0 Å². The lowest BCUT2D eigenvalue weighted by Gasteiger charge is -2.23. The van der Waals surface area contributed by atoms with Crippen molar-refractivity contribution in [2.45, 2.75) is 92.0 Å². The molecule has 0 aliphatic heterocycles. The first-order valence-electron chi connectivity index (χ1n) is 13.1. The number of hydrogen-bond acceptors (Lipinski definition) is 8. The number of ether oxygens (including phenoxy) is 1. The highest BCUT2D eigenvalue weighted by Gasteiger charge is 2.28. The number of aliphatic hydroxyl groups is 1. The van der Waals surface area contributed by atoms with E-state index < -0.39 is 11.6 Å². The van der Waals surface area contributed by atoms with Gasteiger partial charge in [-0.25, -0.2) is 4.68 Å². The van der Waals surface area contributed by atoms with Crippen LogP contribution in [0.4, 0.5) is 0 Å². The van der Waals surface area contributed by atoms with Crippen molar-refractivity contribution in [3.8, 4) is 0 Å². The largest absolute Gasteiger partial charge is 0.396 e. The average Bonchev–Trinajstić information content (AvgIpc) is 3.36. The van der Waals surface area contributed by atoms with Gasteiger partial charge < -0.3 is 26.2 Å². The molecule has 0 spiro atoms. The number of nitrogens with two attached hydrogens (primary N) is 1. The fraction of sp³-hybridized carbons (Fsp3) is 0.654. The molecular weight excluding hydrogens is 474 g/mol. The van der Waals surface area contributed by atoms with Gasteiger partial charge in [-0.05, 0) is 49.1 Å². The van der Waals surface area contributed by atoms with Gasteiger partial charge in [0.1, 0.15) is 6.04 Å². The SMILES string of the molecule is CC.CCCNC(=O)CCCn1nnnc1C(COCc1ccccc1)NC(=O)C(C)(C)N.CCCO. The normalized spacial score (nSPS) is 11.4. The molecule has 0 aliphatic carbocycles. The summed E-state index contributed by atoms with van der Waals surface area (Å²) in [7, 11) is 0. The van der Waals surface area contributed by atoms with Crippen molar-refractivity contribution in [3.63, 3.8) is 0 Å². The molecule has 2 amide bonds. The monoisotopic (exact) mass is 521 g/mol. The van der Waals surface area contributed by atoms with Crippen LogP contribution in [0, 0.1) is 0 Å². The molecule has 11 heteroatoms. The van der Waals surface area contributed by atoms with E-state index in [0.717, 1.165) is 18.4 Å². The fourth-order valence-corrected chi connectivity index (χ4v) is 2.76. The third kappa shape index (κ3) is 15.1. The van der Waals surface area contributed by atoms with Gasteiger partial charge in [-0.3, -0.25) is 9.59 Å². The molecule has 0 fully saturated rings. The number of aryl methyl sites for hydroxylation is 1. The zero-order valence-corrected chi connectivity index (χ0v) is 23.4. The third-order valence-electron chi connectivity index (χ3n) is 4.73. The minimum atomic E-state index is -1.06. The lowest BCUT2D eigenvalue weighted by atomic mass is 10.1. The summed E-state index contributed by atoms with van der Waals surface area (Å²) in [5, 5.41) is 25.5. The van der Waals surface area contributed by atoms with E-state index in [1.807, 2.05) is 58.0 Å². The van der Waals surface area contributed by atoms with E-state index in [2.05, 4.69) is 26.2 Å². The number of nitrogens with zero attached hydrogens (tertiary/aromatic N) is 4. The Kier molecular flexibility index (Phi) is 18.6. The van der Waals surface area contributed by atoms with Gasteiger partial charge in [0, 0.05) is 26.1 Å². The number of carbonyl (C=O) groups excluding carboxylic acids is 2. The van der Waals surface area contributed by atoms with Crippen LogP contribution in [0.3, 0.4) is 0 Å². The van der Waals surface area contributed by atoms with Gasteiger partial charge in [-0.2, -0.15) is 0 Å². The van der Waals surface area contributed by atoms with Crippen molar-refractivity contribution in [1.82, 2.24) is 30.8 Å². The Morgan fingerprint density at radius 1 is 1.16 bits per heavy atom. The minimum absolute atomic E-state index is 0.00240. The third-order valence-corrected chi connectivity index (χ3v) is 4.73. The fourth-order valence-electron chi connectivity index (χ4n) is 2.76. The van der Waals surface area contributed by atoms with Crippen molar-refractivity contribution in [2.75, 3.05) is 19.8 Å². The highest BCUT2D eigenvalue weighted by molar-refractivity contribution is 5.85. The molecule has 0 saturated carbocycles. The van der Waals surface area contributed by atoms with Crippen molar-refractivity contribution in [2.24, 2.45) is 5.73 Å². The van der Waals surface area contributed by atoms with E-state index >= 15 is 0 Å². The molecule has 0 saturated heterocycles. The Bertz CT molecular complexity index is 852. The predicted octanol–water partition coefficient (Wildman–Crippen LogP) is 2.51. The Morgan fingerprint density at radius 2 is 1.81 bits per heavy atom. The molecule has 37 heavy (non-hydrogen) atoms. The summed E-state index contributed by atoms with van der Waals surface area (Å²) in [4.78, 5) is 24.3. The number of aromatic nitrogens is 4. The summed E-state index contributed by atoms with van der Waals surface area (Å²) in [6.07, 6.45) is 2.71. The van der Waals surface area contributed by atoms with E-state index in [9.17, 15) is 9.59 Å². The van der Waals surface area contributed by atoms with Gasteiger partial charge in [0.25, 0.3) is 0 Å². The zero-order valence-electron chi connectivity index (χ0n) is 23.4. The van der Waals surface area contributed by atoms with Gasteiger partial charge in [0.05, 0.1) is 18.8 Å². The standard InChI is InChI=1S/C21H33N7O3.C3H8O.C2H6/c1-4-12-23-18(29)11-8-13-28-19(25-26-27-28)17(24-20(30)21(2,3)22)15-31-14-16-9-6-5-7-10-16;1-2-3-4;1-2/h5-7,9-10,17H,4,8,11-15,22H2,1-3H3,(H,23,29)(H,24,30);4H,2-3H2,1H3;1-2H3. The van der Waals surface area contributed by atoms with Crippen LogP contribution in [-0.4, -0.2) is 62.4 Å². The van der Waals surface area contributed by atoms with Gasteiger partial charge >= 0.3 is 0 Å². The molecule has 0 bridgehead atoms. The van der Waals surface area contributed by atoms with E-state index in [-0.39, 0.29) is 18.4 Å². The Morgan fingerprint density at radius 3 is 2.38 bits per heavy atom. The number of benzene rings is 1. The Hall–Kier alpha value is -2.89. The van der Waals surface area contributed by atoms with E-state index in [4.69, 9.17) is 15.6 Å². The smallest absolute Gasteiger partial charge is 0.240 e. The van der Waals surface area contributed by atoms with Gasteiger partial charge in [-0.15, -0.1) is 5.10 Å². The minimum Gasteiger partial charge on any atom is -0.396 e. The van der Waals surface area contributed by atoms with Crippen LogP contribution in [0.15, 0.2) is 30.3 Å². The molecule has 2 rings (SSSR count). The molecule has 210 valence electrons. The Balaban J connectivity index is 0.00000196. The lowest BCUT2D eigenvalue weighted by Crippen LogP contribution is -2.51. The molecule has 5 N–H and O–H groups in total. The maximum Gasteiger partial charge on any atom is 0.240 e. The van der Waals surface area contributed by atoms with Crippen molar-refractivity contribution >= 4 is 11.8 Å². The second-order valence-corrected chi connectivity index (χ2v) is 8.69. The molecule has 1 aromatic heterocycles. The van der Waals surface area contributed by atoms with E-state index in [1.54, 1.807) is 18.5 Å². The Labute approximate surface area is 221 Å². The average molecular weight is 522 g/mol. The zero-order chi connectivity index (χ0) is 28.1. The number of amides is 2. The van der Waals surface area contributed by atoms with Crippen LogP contribution in [-0.2, 0) is 27.5 Å². The first-order valence-corrected chi connectivity index (χ1v) is 13.1. The predicted molar refractivity (Wildman–Crippen MR) is 144 cm³/mol. The molecule has 1 aromatic carbocycles. The molecule has 11 nitrogen and oxygen atoms in total. The number of rotatable bonds is 14. The lowest BCUT2D eigenvalue weighted by molar-refractivity contribution is -0.126. The highest BCUT2D eigenvalue weighted by Crippen LogP contribution is 2.14. The number of tetrazole rings is 1. The van der Waals surface area contributed by atoms with Crippen LogP contribution in [0.25, 0.3) is 0 Å². The molecular formula is C26H47N7O4. The van der Waals surface area contributed by atoms with Crippen LogP contribution in [0.1, 0.15) is 84.7 Å². The van der Waals surface area contributed by atoms with Crippen molar-refractivity contribution in [3.05, 3.63) is 41.7 Å². The number of aliphatic hydroxyl groups excluding tert-OH is 1. The molecule has 1 atom stereocenters. The van der Waals surface area contributed by atoms with Crippen molar-refractivity contribution in [1.29, 1.82) is 0 Å². The van der Waals surface area contributed by atoms with E-state index in [1.165, 1.54) is 0 Å². The molecule has 0 radical (unpaired) electrons. The number of hydrogen-bond donors (Lipinski definition) is 4. The molecule has 1 unspecified atom stereocenters. The van der Waals surface area contributed by atoms with Crippen LogP contribution in [0.2, 0.25) is 0 Å². The summed E-state index contributed by atoms with van der Waals surface area (Å²) in [5.41, 5.74) is 5.89. The first kappa shape index (κ1) is 34.1.